The number of fused-ring (bicyclic) bond motifs is 1. The largest absolute Gasteiger partial charge is 0.496 e. The van der Waals surface area contributed by atoms with Crippen LogP contribution in [0, 0.1) is 0 Å². The first-order valence-electron chi connectivity index (χ1n) is 7.26. The Balaban J connectivity index is 1.51. The van der Waals surface area contributed by atoms with Gasteiger partial charge >= 0.3 is 0 Å². The van der Waals surface area contributed by atoms with Crippen molar-refractivity contribution in [2.24, 2.45) is 0 Å². The zero-order chi connectivity index (χ0) is 14.5. The summed E-state index contributed by atoms with van der Waals surface area (Å²) in [4.78, 5) is 4.24. The Hall–Kier alpha value is -2.14. The highest BCUT2D eigenvalue weighted by Gasteiger charge is 2.18. The van der Waals surface area contributed by atoms with Crippen LogP contribution in [0.4, 0.5) is 0 Å². The maximum absolute atomic E-state index is 5.33. The second-order valence-electron chi connectivity index (χ2n) is 5.15. The number of nitrogens with zero attached hydrogens (tertiary/aromatic N) is 3. The summed E-state index contributed by atoms with van der Waals surface area (Å²) in [6.07, 6.45) is 7.97. The van der Waals surface area contributed by atoms with Crippen LogP contribution >= 0.6 is 0 Å². The highest BCUT2D eigenvalue weighted by atomic mass is 16.5. The van der Waals surface area contributed by atoms with Gasteiger partial charge in [0, 0.05) is 24.6 Å². The normalized spacial score (nSPS) is 17.9. The average molecular weight is 284 g/mol. The second-order valence-corrected chi connectivity index (χ2v) is 5.15. The number of rotatable bonds is 5. The van der Waals surface area contributed by atoms with Crippen LogP contribution in [-0.2, 0) is 13.0 Å². The first kappa shape index (κ1) is 13.8. The Bertz CT molecular complexity index is 620. The van der Waals surface area contributed by atoms with E-state index in [1.165, 1.54) is 0 Å². The number of nitrogens with one attached hydrogen (secondary N) is 1. The van der Waals surface area contributed by atoms with E-state index >= 15 is 0 Å². The molecule has 0 unspecified atom stereocenters. The molecule has 3 rings (SSSR count). The molecule has 0 saturated heterocycles. The molecule has 1 aromatic carbocycles. The van der Waals surface area contributed by atoms with Crippen molar-refractivity contribution in [3.05, 3.63) is 48.1 Å². The summed E-state index contributed by atoms with van der Waals surface area (Å²) in [7, 11) is 1.70. The molecule has 0 spiro atoms. The van der Waals surface area contributed by atoms with E-state index < -0.39 is 0 Å². The van der Waals surface area contributed by atoms with Gasteiger partial charge in [0.15, 0.2) is 0 Å². The lowest BCUT2D eigenvalue weighted by molar-refractivity contribution is 0.369. The molecule has 2 aromatic rings. The van der Waals surface area contributed by atoms with E-state index in [0.717, 1.165) is 43.1 Å². The molecular formula is C16H20N4O. The van der Waals surface area contributed by atoms with Gasteiger partial charge in [-0.3, -0.25) is 0 Å². The van der Waals surface area contributed by atoms with Crippen LogP contribution in [0.25, 0.3) is 6.08 Å². The topological polar surface area (TPSA) is 52.0 Å². The molecular weight excluding hydrogens is 264 g/mol. The maximum atomic E-state index is 5.33. The molecule has 1 aromatic heterocycles. The molecule has 5 nitrogen and oxygen atoms in total. The molecule has 1 N–H and O–H groups in total. The fraction of sp³-hybridized carbons (Fsp3) is 0.375. The number of ether oxygens (including phenoxy) is 1. The van der Waals surface area contributed by atoms with Gasteiger partial charge in [0.1, 0.15) is 17.9 Å². The lowest BCUT2D eigenvalue weighted by Crippen LogP contribution is -2.37. The molecule has 0 radical (unpaired) electrons. The van der Waals surface area contributed by atoms with E-state index in [-0.39, 0.29) is 0 Å². The summed E-state index contributed by atoms with van der Waals surface area (Å²) in [6.45, 7) is 1.74. The van der Waals surface area contributed by atoms with Gasteiger partial charge in [-0.05, 0) is 12.5 Å². The Morgan fingerprint density at radius 3 is 3.24 bits per heavy atom. The summed E-state index contributed by atoms with van der Waals surface area (Å²) in [5, 5.41) is 7.78. The van der Waals surface area contributed by atoms with E-state index in [0.29, 0.717) is 6.04 Å². The van der Waals surface area contributed by atoms with Crippen molar-refractivity contribution < 1.29 is 4.74 Å². The highest BCUT2D eigenvalue weighted by molar-refractivity contribution is 5.57. The SMILES string of the molecule is COc1ccccc1/C=C/CN[C@H]1CCc2ncnn2C1. The Labute approximate surface area is 124 Å². The van der Waals surface area contributed by atoms with Crippen LogP contribution < -0.4 is 10.1 Å². The number of hydrogen-bond donors (Lipinski definition) is 1. The quantitative estimate of drug-likeness (QED) is 0.911. The standard InChI is InChI=1S/C16H20N4O/c1-21-15-7-3-2-5-13(15)6-4-10-17-14-8-9-16-18-12-19-20(16)11-14/h2-7,12,14,17H,8-11H2,1H3/b6-4+/t14-/m0/s1. The number of benzene rings is 1. The number of hydrogen-bond acceptors (Lipinski definition) is 4. The minimum absolute atomic E-state index is 0.460. The van der Waals surface area contributed by atoms with Crippen molar-refractivity contribution in [1.82, 2.24) is 20.1 Å². The van der Waals surface area contributed by atoms with Crippen molar-refractivity contribution >= 4 is 6.08 Å². The Morgan fingerprint density at radius 2 is 2.33 bits per heavy atom. The van der Waals surface area contributed by atoms with Crippen LogP contribution in [0.2, 0.25) is 0 Å². The van der Waals surface area contributed by atoms with E-state index in [9.17, 15) is 0 Å². The zero-order valence-corrected chi connectivity index (χ0v) is 12.2. The molecule has 110 valence electrons. The zero-order valence-electron chi connectivity index (χ0n) is 12.2. The van der Waals surface area contributed by atoms with Crippen LogP contribution in [-0.4, -0.2) is 34.5 Å². The van der Waals surface area contributed by atoms with Crippen molar-refractivity contribution in [3.8, 4) is 5.75 Å². The lowest BCUT2D eigenvalue weighted by atomic mass is 10.1. The van der Waals surface area contributed by atoms with Gasteiger partial charge in [0.2, 0.25) is 0 Å². The molecule has 0 amide bonds. The minimum Gasteiger partial charge on any atom is -0.496 e. The fourth-order valence-electron chi connectivity index (χ4n) is 2.63. The molecule has 1 aliphatic rings. The first-order valence-corrected chi connectivity index (χ1v) is 7.26. The van der Waals surface area contributed by atoms with Crippen LogP contribution in [0.1, 0.15) is 17.8 Å². The Kier molecular flexibility index (Phi) is 4.31. The van der Waals surface area contributed by atoms with Crippen LogP contribution in [0.5, 0.6) is 5.75 Å². The number of aryl methyl sites for hydroxylation is 1. The third kappa shape index (κ3) is 3.31. The predicted molar refractivity (Wildman–Crippen MR) is 82.2 cm³/mol. The third-order valence-electron chi connectivity index (χ3n) is 3.77. The van der Waals surface area contributed by atoms with Gasteiger partial charge in [0.25, 0.3) is 0 Å². The van der Waals surface area contributed by atoms with Crippen molar-refractivity contribution in [3.63, 3.8) is 0 Å². The number of para-hydroxylation sites is 1. The molecule has 1 atom stereocenters. The summed E-state index contributed by atoms with van der Waals surface area (Å²) >= 11 is 0. The molecule has 0 fully saturated rings. The van der Waals surface area contributed by atoms with Gasteiger partial charge in [-0.25, -0.2) is 9.67 Å². The molecule has 0 saturated carbocycles. The van der Waals surface area contributed by atoms with Crippen molar-refractivity contribution in [2.45, 2.75) is 25.4 Å². The number of aromatic nitrogens is 3. The molecule has 0 bridgehead atoms. The van der Waals surface area contributed by atoms with E-state index in [4.69, 9.17) is 4.74 Å². The van der Waals surface area contributed by atoms with E-state index in [2.05, 4.69) is 33.6 Å². The van der Waals surface area contributed by atoms with Crippen molar-refractivity contribution in [1.29, 1.82) is 0 Å². The van der Waals surface area contributed by atoms with E-state index in [1.54, 1.807) is 13.4 Å². The second kappa shape index (κ2) is 6.54. The van der Waals surface area contributed by atoms with Crippen LogP contribution in [0.3, 0.4) is 0 Å². The predicted octanol–water partition coefficient (Wildman–Crippen LogP) is 1.90. The molecule has 2 heterocycles. The van der Waals surface area contributed by atoms with Gasteiger partial charge in [-0.2, -0.15) is 5.10 Å². The minimum atomic E-state index is 0.460. The van der Waals surface area contributed by atoms with Gasteiger partial charge < -0.3 is 10.1 Å². The van der Waals surface area contributed by atoms with Crippen LogP contribution in [0.15, 0.2) is 36.7 Å². The summed E-state index contributed by atoms with van der Waals surface area (Å²) < 4.78 is 7.32. The molecule has 5 heteroatoms. The highest BCUT2D eigenvalue weighted by Crippen LogP contribution is 2.18. The van der Waals surface area contributed by atoms with E-state index in [1.807, 2.05) is 22.9 Å². The van der Waals surface area contributed by atoms with Gasteiger partial charge in [-0.15, -0.1) is 0 Å². The Morgan fingerprint density at radius 1 is 1.43 bits per heavy atom. The fourth-order valence-corrected chi connectivity index (χ4v) is 2.63. The maximum Gasteiger partial charge on any atom is 0.138 e. The molecule has 1 aliphatic heterocycles. The van der Waals surface area contributed by atoms with Crippen molar-refractivity contribution in [2.75, 3.05) is 13.7 Å². The van der Waals surface area contributed by atoms with Gasteiger partial charge in [-0.1, -0.05) is 30.4 Å². The molecule has 0 aliphatic carbocycles. The number of methoxy groups -OCH3 is 1. The molecule has 21 heavy (non-hydrogen) atoms. The lowest BCUT2D eigenvalue weighted by Gasteiger charge is -2.23. The summed E-state index contributed by atoms with van der Waals surface area (Å²) in [5.74, 6) is 2.00. The third-order valence-corrected chi connectivity index (χ3v) is 3.77. The van der Waals surface area contributed by atoms with Gasteiger partial charge in [0.05, 0.1) is 13.7 Å². The summed E-state index contributed by atoms with van der Waals surface area (Å²) in [6, 6.07) is 8.48. The summed E-state index contributed by atoms with van der Waals surface area (Å²) in [5.41, 5.74) is 1.10. The average Bonchev–Trinajstić information content (AvgIpc) is 2.99. The first-order chi connectivity index (χ1) is 10.4. The smallest absolute Gasteiger partial charge is 0.138 e. The monoisotopic (exact) mass is 284 g/mol.